The minimum atomic E-state index is -0.691. The molecule has 0 saturated carbocycles. The molecule has 19 heavy (non-hydrogen) atoms. The highest BCUT2D eigenvalue weighted by Crippen LogP contribution is 2.29. The minimum Gasteiger partial charge on any atom is -0.463 e. The van der Waals surface area contributed by atoms with Gasteiger partial charge in [-0.1, -0.05) is 31.5 Å². The van der Waals surface area contributed by atoms with Gasteiger partial charge in [0.05, 0.1) is 24.3 Å². The van der Waals surface area contributed by atoms with E-state index >= 15 is 0 Å². The zero-order chi connectivity index (χ0) is 13.5. The van der Waals surface area contributed by atoms with E-state index < -0.39 is 5.60 Å². The van der Waals surface area contributed by atoms with Crippen molar-refractivity contribution in [1.82, 2.24) is 4.90 Å². The van der Waals surface area contributed by atoms with Crippen molar-refractivity contribution in [2.75, 3.05) is 13.1 Å². The van der Waals surface area contributed by atoms with Crippen molar-refractivity contribution < 1.29 is 14.3 Å². The van der Waals surface area contributed by atoms with Crippen molar-refractivity contribution in [3.05, 3.63) is 36.1 Å². The average molecular weight is 259 g/mol. The first-order valence-electron chi connectivity index (χ1n) is 6.61. The Morgan fingerprint density at radius 1 is 1.42 bits per heavy atom. The van der Waals surface area contributed by atoms with Gasteiger partial charge in [0.1, 0.15) is 11.8 Å². The number of benzene rings is 1. The van der Waals surface area contributed by atoms with Crippen LogP contribution in [0.25, 0.3) is 11.0 Å². The van der Waals surface area contributed by atoms with Crippen LogP contribution in [0.5, 0.6) is 0 Å². The second-order valence-electron chi connectivity index (χ2n) is 5.28. The molecule has 1 aromatic heterocycles. The highest BCUT2D eigenvalue weighted by atomic mass is 16.3. The summed E-state index contributed by atoms with van der Waals surface area (Å²) in [4.78, 5) is 14.0. The molecule has 1 amide bonds. The zero-order valence-electron chi connectivity index (χ0n) is 10.9. The smallest absolute Gasteiger partial charge is 0.257 e. The highest BCUT2D eigenvalue weighted by Gasteiger charge is 2.43. The second-order valence-corrected chi connectivity index (χ2v) is 5.28. The molecule has 0 spiro atoms. The summed E-state index contributed by atoms with van der Waals surface area (Å²) in [5.74, 6) is -0.0641. The van der Waals surface area contributed by atoms with Crippen LogP contribution in [0.4, 0.5) is 0 Å². The Morgan fingerprint density at radius 3 is 2.89 bits per heavy atom. The van der Waals surface area contributed by atoms with Crippen molar-refractivity contribution in [1.29, 1.82) is 0 Å². The fourth-order valence-electron chi connectivity index (χ4n) is 2.75. The van der Waals surface area contributed by atoms with Crippen LogP contribution in [-0.2, 0) is 0 Å². The van der Waals surface area contributed by atoms with Crippen molar-refractivity contribution in [3.8, 4) is 0 Å². The van der Waals surface area contributed by atoms with E-state index in [4.69, 9.17) is 4.42 Å². The topological polar surface area (TPSA) is 53.7 Å². The van der Waals surface area contributed by atoms with Crippen LogP contribution < -0.4 is 0 Å². The lowest BCUT2D eigenvalue weighted by Gasteiger charge is -2.46. The lowest BCUT2D eigenvalue weighted by atomic mass is 9.89. The maximum atomic E-state index is 12.3. The van der Waals surface area contributed by atoms with Crippen LogP contribution in [0.3, 0.4) is 0 Å². The number of hydrogen-bond acceptors (Lipinski definition) is 3. The third-order valence-corrected chi connectivity index (χ3v) is 3.68. The minimum absolute atomic E-state index is 0.0641. The van der Waals surface area contributed by atoms with E-state index in [9.17, 15) is 9.90 Å². The molecule has 0 aliphatic carbocycles. The molecule has 2 aromatic rings. The van der Waals surface area contributed by atoms with Crippen molar-refractivity contribution >= 4 is 16.9 Å². The molecule has 0 bridgehead atoms. The molecule has 4 heteroatoms. The Balaban J connectivity index is 1.79. The fourth-order valence-corrected chi connectivity index (χ4v) is 2.75. The number of carbonyl (C=O) groups is 1. The third kappa shape index (κ3) is 2.02. The van der Waals surface area contributed by atoms with Gasteiger partial charge in [0.2, 0.25) is 0 Å². The van der Waals surface area contributed by atoms with Crippen LogP contribution in [0, 0.1) is 0 Å². The highest BCUT2D eigenvalue weighted by molar-refractivity contribution is 6.06. The zero-order valence-corrected chi connectivity index (χ0v) is 10.9. The summed E-state index contributed by atoms with van der Waals surface area (Å²) >= 11 is 0. The molecule has 3 rings (SSSR count). The molecule has 1 saturated heterocycles. The van der Waals surface area contributed by atoms with E-state index in [1.165, 1.54) is 6.26 Å². The maximum Gasteiger partial charge on any atom is 0.257 e. The first-order chi connectivity index (χ1) is 9.13. The number of para-hydroxylation sites is 1. The van der Waals surface area contributed by atoms with E-state index in [0.29, 0.717) is 18.7 Å². The second kappa shape index (κ2) is 4.38. The van der Waals surface area contributed by atoms with E-state index in [2.05, 4.69) is 0 Å². The fraction of sp³-hybridized carbons (Fsp3) is 0.400. The molecule has 0 unspecified atom stereocenters. The number of rotatable bonds is 3. The maximum absolute atomic E-state index is 12.3. The summed E-state index contributed by atoms with van der Waals surface area (Å²) in [6.45, 7) is 2.87. The Morgan fingerprint density at radius 2 is 2.16 bits per heavy atom. The molecule has 2 heterocycles. The normalized spacial score (nSPS) is 17.5. The molecule has 0 radical (unpaired) electrons. The number of β-amino-alcohol motifs (C(OH)–C–C–N with tert-alkyl or cyclic N) is 1. The first kappa shape index (κ1) is 12.2. The lowest BCUT2D eigenvalue weighted by Crippen LogP contribution is -2.63. The summed E-state index contributed by atoms with van der Waals surface area (Å²) in [5, 5.41) is 11.0. The summed E-state index contributed by atoms with van der Waals surface area (Å²) < 4.78 is 5.38. The molecule has 100 valence electrons. The van der Waals surface area contributed by atoms with Gasteiger partial charge in [0.15, 0.2) is 0 Å². The quantitative estimate of drug-likeness (QED) is 0.921. The Kier molecular flexibility index (Phi) is 2.82. The predicted octanol–water partition coefficient (Wildman–Crippen LogP) is 2.42. The predicted molar refractivity (Wildman–Crippen MR) is 72.0 cm³/mol. The molecule has 1 fully saturated rings. The number of nitrogens with zero attached hydrogens (tertiary/aromatic N) is 1. The molecule has 1 aromatic carbocycles. The van der Waals surface area contributed by atoms with Crippen LogP contribution >= 0.6 is 0 Å². The van der Waals surface area contributed by atoms with Gasteiger partial charge in [-0.3, -0.25) is 4.79 Å². The molecular formula is C15H17NO3. The monoisotopic (exact) mass is 259 g/mol. The number of likely N-dealkylation sites (tertiary alicyclic amines) is 1. The van der Waals surface area contributed by atoms with E-state index in [-0.39, 0.29) is 5.91 Å². The van der Waals surface area contributed by atoms with Gasteiger partial charge in [-0.15, -0.1) is 0 Å². The van der Waals surface area contributed by atoms with Gasteiger partial charge < -0.3 is 14.4 Å². The molecule has 0 atom stereocenters. The summed E-state index contributed by atoms with van der Waals surface area (Å²) in [7, 11) is 0. The van der Waals surface area contributed by atoms with E-state index in [0.717, 1.165) is 23.8 Å². The number of furan rings is 1. The largest absolute Gasteiger partial charge is 0.463 e. The van der Waals surface area contributed by atoms with Gasteiger partial charge in [0.25, 0.3) is 5.91 Å². The van der Waals surface area contributed by atoms with Crippen LogP contribution in [-0.4, -0.2) is 34.6 Å². The number of hydrogen-bond donors (Lipinski definition) is 1. The van der Waals surface area contributed by atoms with Crippen LogP contribution in [0.1, 0.15) is 30.1 Å². The van der Waals surface area contributed by atoms with E-state index in [1.807, 2.05) is 31.2 Å². The molecule has 4 nitrogen and oxygen atoms in total. The van der Waals surface area contributed by atoms with Gasteiger partial charge in [0, 0.05) is 5.39 Å². The van der Waals surface area contributed by atoms with Crippen molar-refractivity contribution in [2.24, 2.45) is 0 Å². The molecular weight excluding hydrogens is 242 g/mol. The Labute approximate surface area is 111 Å². The van der Waals surface area contributed by atoms with Gasteiger partial charge in [-0.05, 0) is 12.5 Å². The van der Waals surface area contributed by atoms with Crippen molar-refractivity contribution in [2.45, 2.75) is 25.4 Å². The first-order valence-corrected chi connectivity index (χ1v) is 6.61. The SMILES string of the molecule is CCCC1(O)CN(C(=O)c2coc3ccccc23)C1. The summed E-state index contributed by atoms with van der Waals surface area (Å²) in [6.07, 6.45) is 3.17. The Bertz CT molecular complexity index is 611. The average Bonchev–Trinajstić information content (AvgIpc) is 2.79. The van der Waals surface area contributed by atoms with Gasteiger partial charge in [-0.25, -0.2) is 0 Å². The summed E-state index contributed by atoms with van der Waals surface area (Å²) in [6, 6.07) is 7.49. The lowest BCUT2D eigenvalue weighted by molar-refractivity contribution is -0.0859. The molecule has 1 N–H and O–H groups in total. The molecule has 1 aliphatic rings. The standard InChI is InChI=1S/C15H17NO3/c1-2-7-15(18)9-16(10-15)14(17)12-8-19-13-6-4-3-5-11(12)13/h3-6,8,18H,2,7,9-10H2,1H3. The third-order valence-electron chi connectivity index (χ3n) is 3.68. The summed E-state index contributed by atoms with van der Waals surface area (Å²) in [5.41, 5.74) is 0.605. The van der Waals surface area contributed by atoms with Crippen molar-refractivity contribution in [3.63, 3.8) is 0 Å². The number of carbonyl (C=O) groups excluding carboxylic acids is 1. The number of amides is 1. The van der Waals surface area contributed by atoms with Crippen LogP contribution in [0.2, 0.25) is 0 Å². The van der Waals surface area contributed by atoms with Gasteiger partial charge >= 0.3 is 0 Å². The number of fused-ring (bicyclic) bond motifs is 1. The van der Waals surface area contributed by atoms with E-state index in [1.54, 1.807) is 4.90 Å². The molecule has 1 aliphatic heterocycles. The number of aliphatic hydroxyl groups is 1. The van der Waals surface area contributed by atoms with Crippen LogP contribution in [0.15, 0.2) is 34.9 Å². The Hall–Kier alpha value is -1.81. The van der Waals surface area contributed by atoms with Gasteiger partial charge in [-0.2, -0.15) is 0 Å².